The molecule has 1 atom stereocenters. The first kappa shape index (κ1) is 12.6. The summed E-state index contributed by atoms with van der Waals surface area (Å²) in [6.07, 6.45) is 1.72. The van der Waals surface area contributed by atoms with Crippen molar-refractivity contribution in [3.63, 3.8) is 0 Å². The second kappa shape index (κ2) is 5.17. The van der Waals surface area contributed by atoms with E-state index in [9.17, 15) is 9.18 Å². The molecular formula is C13H15BrFNO. The second-order valence-corrected chi connectivity index (χ2v) is 5.02. The molecule has 1 aromatic carbocycles. The predicted molar refractivity (Wildman–Crippen MR) is 68.5 cm³/mol. The molecular weight excluding hydrogens is 285 g/mol. The van der Waals surface area contributed by atoms with Gasteiger partial charge in [-0.1, -0.05) is 22.0 Å². The number of benzene rings is 1. The van der Waals surface area contributed by atoms with Crippen LogP contribution < -0.4 is 0 Å². The van der Waals surface area contributed by atoms with E-state index in [0.29, 0.717) is 11.9 Å². The number of rotatable bonds is 1. The van der Waals surface area contributed by atoms with Crippen molar-refractivity contribution < 1.29 is 9.18 Å². The molecule has 1 heterocycles. The van der Waals surface area contributed by atoms with Crippen LogP contribution in [0.5, 0.6) is 0 Å². The van der Waals surface area contributed by atoms with Gasteiger partial charge in [-0.05, 0) is 43.0 Å². The van der Waals surface area contributed by atoms with Crippen LogP contribution in [-0.2, 0) is 17.8 Å². The van der Waals surface area contributed by atoms with Gasteiger partial charge in [0, 0.05) is 12.6 Å². The highest BCUT2D eigenvalue weighted by Gasteiger charge is 2.23. The Balaban J connectivity index is 2.30. The minimum atomic E-state index is -0.198. The molecule has 0 unspecified atom stereocenters. The number of halogens is 2. The number of hydrogen-bond acceptors (Lipinski definition) is 1. The van der Waals surface area contributed by atoms with E-state index in [1.165, 1.54) is 6.07 Å². The molecule has 17 heavy (non-hydrogen) atoms. The molecule has 2 nitrogen and oxygen atoms in total. The molecule has 4 heteroatoms. The minimum absolute atomic E-state index is 0.0923. The third-order valence-electron chi connectivity index (χ3n) is 3.31. The van der Waals surface area contributed by atoms with Crippen LogP contribution in [0.1, 0.15) is 24.5 Å². The van der Waals surface area contributed by atoms with Crippen molar-refractivity contribution in [1.29, 1.82) is 0 Å². The van der Waals surface area contributed by atoms with Crippen LogP contribution in [0.3, 0.4) is 0 Å². The summed E-state index contributed by atoms with van der Waals surface area (Å²) in [7, 11) is 0. The topological polar surface area (TPSA) is 20.3 Å². The number of hydrogen-bond donors (Lipinski definition) is 0. The summed E-state index contributed by atoms with van der Waals surface area (Å²) >= 11 is 3.20. The largest absolute Gasteiger partial charge is 0.335 e. The van der Waals surface area contributed by atoms with Gasteiger partial charge in [0.15, 0.2) is 0 Å². The number of fused-ring (bicyclic) bond motifs is 1. The number of nitrogens with zero attached hydrogens (tertiary/aromatic N) is 1. The maximum absolute atomic E-state index is 13.2. The van der Waals surface area contributed by atoms with E-state index in [-0.39, 0.29) is 17.8 Å². The highest BCUT2D eigenvalue weighted by Crippen LogP contribution is 2.23. The summed E-state index contributed by atoms with van der Waals surface area (Å²) in [5, 5.41) is 0.341. The summed E-state index contributed by atoms with van der Waals surface area (Å²) in [6.45, 7) is 2.63. The lowest BCUT2D eigenvalue weighted by Gasteiger charge is -2.26. The van der Waals surface area contributed by atoms with Gasteiger partial charge >= 0.3 is 0 Å². The van der Waals surface area contributed by atoms with Crippen molar-refractivity contribution in [2.45, 2.75) is 32.4 Å². The molecule has 1 aliphatic heterocycles. The van der Waals surface area contributed by atoms with Crippen LogP contribution in [0.2, 0.25) is 0 Å². The summed E-state index contributed by atoms with van der Waals surface area (Å²) in [6, 6.07) is 5.04. The lowest BCUT2D eigenvalue weighted by atomic mass is 10.0. The summed E-state index contributed by atoms with van der Waals surface area (Å²) in [5.41, 5.74) is 2.09. The monoisotopic (exact) mass is 299 g/mol. The standard InChI is InChI=1S/C13H15BrFNO/c1-9-2-3-10-6-12(15)5-4-11(10)8-16(9)13(17)7-14/h4-6,9H,2-3,7-8H2,1H3/t9-/m0/s1. The molecule has 0 saturated heterocycles. The first-order valence-electron chi connectivity index (χ1n) is 5.74. The highest BCUT2D eigenvalue weighted by molar-refractivity contribution is 9.09. The van der Waals surface area contributed by atoms with E-state index in [0.717, 1.165) is 24.0 Å². The Morgan fingerprint density at radius 2 is 2.29 bits per heavy atom. The maximum atomic E-state index is 13.2. The second-order valence-electron chi connectivity index (χ2n) is 4.46. The van der Waals surface area contributed by atoms with Gasteiger partial charge in [0.05, 0.1) is 5.33 Å². The van der Waals surface area contributed by atoms with Gasteiger partial charge in [0.25, 0.3) is 0 Å². The Bertz CT molecular complexity index is 435. The zero-order chi connectivity index (χ0) is 12.4. The van der Waals surface area contributed by atoms with E-state index < -0.39 is 0 Å². The summed E-state index contributed by atoms with van der Waals surface area (Å²) in [5.74, 6) is -0.105. The third-order valence-corrected chi connectivity index (χ3v) is 3.79. The fraction of sp³-hybridized carbons (Fsp3) is 0.462. The van der Waals surface area contributed by atoms with Crippen molar-refractivity contribution in [3.05, 3.63) is 35.1 Å². The number of amides is 1. The van der Waals surface area contributed by atoms with Gasteiger partial charge in [-0.2, -0.15) is 0 Å². The molecule has 0 aliphatic carbocycles. The fourth-order valence-electron chi connectivity index (χ4n) is 2.25. The highest BCUT2D eigenvalue weighted by atomic mass is 79.9. The third kappa shape index (κ3) is 2.68. The van der Waals surface area contributed by atoms with Gasteiger partial charge < -0.3 is 4.90 Å². The van der Waals surface area contributed by atoms with Gasteiger partial charge in [-0.25, -0.2) is 4.39 Å². The number of aryl methyl sites for hydroxylation is 1. The first-order chi connectivity index (χ1) is 8.11. The SMILES string of the molecule is C[C@H]1CCc2cc(F)ccc2CN1C(=O)CBr. The number of alkyl halides is 1. The van der Waals surface area contributed by atoms with Gasteiger partial charge in [0.2, 0.25) is 5.91 Å². The lowest BCUT2D eigenvalue weighted by molar-refractivity contribution is -0.130. The van der Waals surface area contributed by atoms with Crippen molar-refractivity contribution in [2.75, 3.05) is 5.33 Å². The van der Waals surface area contributed by atoms with Crippen molar-refractivity contribution in [1.82, 2.24) is 4.90 Å². The van der Waals surface area contributed by atoms with Crippen LogP contribution in [0, 0.1) is 5.82 Å². The Hall–Kier alpha value is -0.900. The number of carbonyl (C=O) groups excluding carboxylic acids is 1. The predicted octanol–water partition coefficient (Wildman–Crippen LogP) is 2.88. The van der Waals surface area contributed by atoms with Crippen molar-refractivity contribution in [3.8, 4) is 0 Å². The van der Waals surface area contributed by atoms with Gasteiger partial charge in [-0.15, -0.1) is 0 Å². The quantitative estimate of drug-likeness (QED) is 0.730. The minimum Gasteiger partial charge on any atom is -0.335 e. The molecule has 1 aliphatic rings. The Morgan fingerprint density at radius 3 is 3.00 bits per heavy atom. The summed E-state index contributed by atoms with van der Waals surface area (Å²) < 4.78 is 13.2. The smallest absolute Gasteiger partial charge is 0.233 e. The van der Waals surface area contributed by atoms with Gasteiger partial charge in [0.1, 0.15) is 5.82 Å². The molecule has 0 spiro atoms. The molecule has 0 bridgehead atoms. The van der Waals surface area contributed by atoms with E-state index >= 15 is 0 Å². The normalized spacial score (nSPS) is 19.7. The maximum Gasteiger partial charge on any atom is 0.233 e. The molecule has 0 N–H and O–H groups in total. The summed E-state index contributed by atoms with van der Waals surface area (Å²) in [4.78, 5) is 13.7. The number of carbonyl (C=O) groups is 1. The van der Waals surface area contributed by atoms with Gasteiger partial charge in [-0.3, -0.25) is 4.79 Å². The molecule has 0 saturated carbocycles. The molecule has 0 fully saturated rings. The Kier molecular flexibility index (Phi) is 3.82. The molecule has 2 rings (SSSR count). The van der Waals surface area contributed by atoms with E-state index in [1.54, 1.807) is 12.1 Å². The van der Waals surface area contributed by atoms with Crippen LogP contribution in [0.25, 0.3) is 0 Å². The van der Waals surface area contributed by atoms with Crippen molar-refractivity contribution in [2.24, 2.45) is 0 Å². The van der Waals surface area contributed by atoms with E-state index in [1.807, 2.05) is 11.8 Å². The molecule has 0 aromatic heterocycles. The fourth-order valence-corrected chi connectivity index (χ4v) is 2.57. The van der Waals surface area contributed by atoms with Crippen LogP contribution in [-0.4, -0.2) is 22.2 Å². The van der Waals surface area contributed by atoms with Crippen LogP contribution in [0.4, 0.5) is 4.39 Å². The van der Waals surface area contributed by atoms with Crippen molar-refractivity contribution >= 4 is 21.8 Å². The van der Waals surface area contributed by atoms with Crippen LogP contribution >= 0.6 is 15.9 Å². The Labute approximate surface area is 109 Å². The van der Waals surface area contributed by atoms with E-state index in [4.69, 9.17) is 0 Å². The zero-order valence-electron chi connectivity index (χ0n) is 9.75. The molecule has 1 aromatic rings. The Morgan fingerprint density at radius 1 is 1.53 bits per heavy atom. The average Bonchev–Trinajstić information content (AvgIpc) is 2.48. The molecule has 1 amide bonds. The first-order valence-corrected chi connectivity index (χ1v) is 6.86. The van der Waals surface area contributed by atoms with E-state index in [2.05, 4.69) is 15.9 Å². The average molecular weight is 300 g/mol. The molecule has 92 valence electrons. The lowest BCUT2D eigenvalue weighted by Crippen LogP contribution is -2.37. The zero-order valence-corrected chi connectivity index (χ0v) is 11.3. The molecule has 0 radical (unpaired) electrons. The van der Waals surface area contributed by atoms with Crippen LogP contribution in [0.15, 0.2) is 18.2 Å².